The van der Waals surface area contributed by atoms with Gasteiger partial charge < -0.3 is 5.32 Å². The van der Waals surface area contributed by atoms with E-state index in [1.807, 2.05) is 13.8 Å². The molecule has 0 saturated carbocycles. The van der Waals surface area contributed by atoms with E-state index in [-0.39, 0.29) is 16.9 Å². The Morgan fingerprint density at radius 3 is 2.66 bits per heavy atom. The third-order valence-corrected chi connectivity index (χ3v) is 5.93. The Labute approximate surface area is 180 Å². The molecule has 3 aromatic rings. The van der Waals surface area contributed by atoms with Crippen LogP contribution in [0.5, 0.6) is 0 Å². The first-order chi connectivity index (χ1) is 13.7. The molecule has 5 nitrogen and oxygen atoms in total. The highest BCUT2D eigenvalue weighted by Crippen LogP contribution is 2.38. The lowest BCUT2D eigenvalue weighted by molar-refractivity contribution is -0.117. The number of hydrogen-bond acceptors (Lipinski definition) is 4. The van der Waals surface area contributed by atoms with Crippen LogP contribution >= 0.6 is 34.5 Å². The number of rotatable bonds is 7. The number of imidazole rings is 1. The van der Waals surface area contributed by atoms with Crippen molar-refractivity contribution >= 4 is 51.5 Å². The van der Waals surface area contributed by atoms with Gasteiger partial charge in [0.15, 0.2) is 0 Å². The van der Waals surface area contributed by atoms with E-state index in [2.05, 4.69) is 15.4 Å². The fourth-order valence-corrected chi connectivity index (χ4v) is 3.93. The molecule has 2 heterocycles. The van der Waals surface area contributed by atoms with Gasteiger partial charge in [0.1, 0.15) is 5.69 Å². The van der Waals surface area contributed by atoms with Crippen LogP contribution in [-0.4, -0.2) is 26.5 Å². The molecule has 154 valence electrons. The number of amides is 1. The van der Waals surface area contributed by atoms with Gasteiger partial charge in [0, 0.05) is 17.7 Å². The van der Waals surface area contributed by atoms with E-state index in [1.54, 1.807) is 24.3 Å². The molecule has 1 aromatic carbocycles. The predicted octanol–water partition coefficient (Wildman–Crippen LogP) is 5.72. The fourth-order valence-electron chi connectivity index (χ4n) is 2.78. The van der Waals surface area contributed by atoms with E-state index in [0.29, 0.717) is 33.3 Å². The smallest absolute Gasteiger partial charge is 0.350 e. The number of benzene rings is 1. The Hall–Kier alpha value is -2.03. The second kappa shape index (κ2) is 8.77. The topological polar surface area (TPSA) is 59.3 Å². The molecule has 10 heteroatoms. The van der Waals surface area contributed by atoms with Crippen molar-refractivity contribution in [2.45, 2.75) is 38.1 Å². The van der Waals surface area contributed by atoms with Crippen molar-refractivity contribution < 1.29 is 13.6 Å². The SMILES string of the molecule is CCC(CC)NC(=O)C=Cc1c(-c2ccccc2Cl)nc2sc(C(F)(F)Cl)nn12. The van der Waals surface area contributed by atoms with Crippen LogP contribution in [0.25, 0.3) is 22.3 Å². The van der Waals surface area contributed by atoms with E-state index in [9.17, 15) is 13.6 Å². The molecule has 0 bridgehead atoms. The first-order valence-corrected chi connectivity index (χ1v) is 10.5. The van der Waals surface area contributed by atoms with Crippen molar-refractivity contribution in [3.8, 4) is 11.3 Å². The summed E-state index contributed by atoms with van der Waals surface area (Å²) in [5.74, 6) is -0.295. The Kier molecular flexibility index (Phi) is 6.55. The molecule has 29 heavy (non-hydrogen) atoms. The summed E-state index contributed by atoms with van der Waals surface area (Å²) < 4.78 is 28.2. The molecule has 3 rings (SSSR count). The van der Waals surface area contributed by atoms with Gasteiger partial charge >= 0.3 is 5.38 Å². The predicted molar refractivity (Wildman–Crippen MR) is 113 cm³/mol. The van der Waals surface area contributed by atoms with Crippen molar-refractivity contribution in [3.05, 3.63) is 46.1 Å². The molecular formula is C19H18Cl2F2N4OS. The highest BCUT2D eigenvalue weighted by molar-refractivity contribution is 7.17. The summed E-state index contributed by atoms with van der Waals surface area (Å²) in [4.78, 5) is 16.9. The molecule has 0 atom stereocenters. The zero-order chi connectivity index (χ0) is 21.2. The van der Waals surface area contributed by atoms with E-state index < -0.39 is 10.4 Å². The quantitative estimate of drug-likeness (QED) is 0.363. The number of fused-ring (bicyclic) bond motifs is 1. The maximum atomic E-state index is 13.5. The average molecular weight is 459 g/mol. The third kappa shape index (κ3) is 4.76. The summed E-state index contributed by atoms with van der Waals surface area (Å²) in [6, 6.07) is 7.07. The van der Waals surface area contributed by atoms with Gasteiger partial charge in [-0.05, 0) is 36.6 Å². The Morgan fingerprint density at radius 2 is 2.03 bits per heavy atom. The number of nitrogens with zero attached hydrogens (tertiary/aromatic N) is 3. The first-order valence-electron chi connectivity index (χ1n) is 8.94. The number of nitrogens with one attached hydrogen (secondary N) is 1. The standard InChI is InChI=1S/C19H18Cl2F2N4OS/c1-3-11(4-2)24-15(28)10-9-14-16(12-7-5-6-8-13(12)20)25-18-27(14)26-17(29-18)19(21,22)23/h5-11H,3-4H2,1-2H3,(H,24,28). The van der Waals surface area contributed by atoms with Crippen LogP contribution in [0, 0.1) is 0 Å². The lowest BCUT2D eigenvalue weighted by Crippen LogP contribution is -2.32. The monoisotopic (exact) mass is 458 g/mol. The highest BCUT2D eigenvalue weighted by Gasteiger charge is 2.34. The fraction of sp³-hybridized carbons (Fsp3) is 0.316. The molecule has 0 radical (unpaired) electrons. The summed E-state index contributed by atoms with van der Waals surface area (Å²) >= 11 is 12.1. The Morgan fingerprint density at radius 1 is 1.34 bits per heavy atom. The Balaban J connectivity index is 2.07. The van der Waals surface area contributed by atoms with Gasteiger partial charge in [0.25, 0.3) is 0 Å². The summed E-state index contributed by atoms with van der Waals surface area (Å²) in [6.45, 7) is 3.97. The number of aromatic nitrogens is 3. The highest BCUT2D eigenvalue weighted by atomic mass is 35.5. The molecule has 0 aliphatic heterocycles. The molecule has 0 saturated heterocycles. The van der Waals surface area contributed by atoms with Gasteiger partial charge in [-0.1, -0.05) is 55.0 Å². The second-order valence-corrected chi connectivity index (χ2v) is 8.12. The van der Waals surface area contributed by atoms with E-state index in [4.69, 9.17) is 23.2 Å². The molecule has 0 unspecified atom stereocenters. The summed E-state index contributed by atoms with van der Waals surface area (Å²) in [7, 11) is 0. The van der Waals surface area contributed by atoms with Crippen LogP contribution in [-0.2, 0) is 10.2 Å². The zero-order valence-corrected chi connectivity index (χ0v) is 18.0. The second-order valence-electron chi connectivity index (χ2n) is 6.28. The number of hydrogen-bond donors (Lipinski definition) is 1. The molecule has 0 aliphatic carbocycles. The van der Waals surface area contributed by atoms with Gasteiger partial charge in [0.05, 0.1) is 10.7 Å². The minimum Gasteiger partial charge on any atom is -0.350 e. The average Bonchev–Trinajstić information content (AvgIpc) is 3.23. The van der Waals surface area contributed by atoms with Gasteiger partial charge in [-0.2, -0.15) is 13.9 Å². The number of halogens is 4. The minimum atomic E-state index is -3.61. The van der Waals surface area contributed by atoms with Crippen LogP contribution in [0.15, 0.2) is 30.3 Å². The maximum Gasteiger partial charge on any atom is 0.375 e. The first kappa shape index (κ1) is 21.7. The lowest BCUT2D eigenvalue weighted by atomic mass is 10.1. The van der Waals surface area contributed by atoms with Crippen LogP contribution in [0.2, 0.25) is 5.02 Å². The van der Waals surface area contributed by atoms with Gasteiger partial charge in [0.2, 0.25) is 15.9 Å². The third-order valence-electron chi connectivity index (χ3n) is 4.33. The lowest BCUT2D eigenvalue weighted by Gasteiger charge is -2.12. The summed E-state index contributed by atoms with van der Waals surface area (Å²) in [5.41, 5.74) is 1.40. The summed E-state index contributed by atoms with van der Waals surface area (Å²) in [5, 5.41) is 3.04. The molecule has 0 aliphatic rings. The van der Waals surface area contributed by atoms with Crippen LogP contribution < -0.4 is 5.32 Å². The van der Waals surface area contributed by atoms with E-state index >= 15 is 0 Å². The van der Waals surface area contributed by atoms with Crippen molar-refractivity contribution in [2.24, 2.45) is 0 Å². The molecule has 0 spiro atoms. The summed E-state index contributed by atoms with van der Waals surface area (Å²) in [6.07, 6.45) is 4.43. The zero-order valence-electron chi connectivity index (χ0n) is 15.6. The van der Waals surface area contributed by atoms with Crippen LogP contribution in [0.3, 0.4) is 0 Å². The molecule has 2 aromatic heterocycles. The van der Waals surface area contributed by atoms with Gasteiger partial charge in [-0.3, -0.25) is 4.79 Å². The van der Waals surface area contributed by atoms with Crippen LogP contribution in [0.4, 0.5) is 8.78 Å². The number of carbonyl (C=O) groups excluding carboxylic acids is 1. The normalized spacial score (nSPS) is 12.4. The van der Waals surface area contributed by atoms with Gasteiger partial charge in [-0.25, -0.2) is 9.50 Å². The molecule has 0 fully saturated rings. The molecular weight excluding hydrogens is 441 g/mol. The van der Waals surface area contributed by atoms with Crippen molar-refractivity contribution in [1.82, 2.24) is 19.9 Å². The van der Waals surface area contributed by atoms with Crippen molar-refractivity contribution in [2.75, 3.05) is 0 Å². The number of carbonyl (C=O) groups is 1. The largest absolute Gasteiger partial charge is 0.375 e. The van der Waals surface area contributed by atoms with E-state index in [1.165, 1.54) is 16.7 Å². The van der Waals surface area contributed by atoms with Crippen molar-refractivity contribution in [1.29, 1.82) is 0 Å². The maximum absolute atomic E-state index is 13.5. The minimum absolute atomic E-state index is 0.0569. The molecule has 1 amide bonds. The Bertz CT molecular complexity index is 1050. The van der Waals surface area contributed by atoms with Crippen LogP contribution in [0.1, 0.15) is 37.4 Å². The van der Waals surface area contributed by atoms with Gasteiger partial charge in [-0.15, -0.1) is 0 Å². The molecule has 1 N–H and O–H groups in total. The van der Waals surface area contributed by atoms with E-state index in [0.717, 1.165) is 12.8 Å². The number of alkyl halides is 3. The van der Waals surface area contributed by atoms with Crippen molar-refractivity contribution in [3.63, 3.8) is 0 Å².